The van der Waals surface area contributed by atoms with Gasteiger partial charge in [-0.2, -0.15) is 8.42 Å². The van der Waals surface area contributed by atoms with E-state index in [9.17, 15) is 13.2 Å². The Hall–Kier alpha value is -2.19. The van der Waals surface area contributed by atoms with Crippen molar-refractivity contribution in [2.45, 2.75) is 11.3 Å². The third kappa shape index (κ3) is 3.91. The second-order valence-corrected chi connectivity index (χ2v) is 7.73. The molecular formula is C17H15BrN2O4S. The van der Waals surface area contributed by atoms with Crippen LogP contribution in [-0.4, -0.2) is 33.4 Å². The van der Waals surface area contributed by atoms with Gasteiger partial charge in [-0.3, -0.25) is 0 Å². The molecule has 1 heterocycles. The van der Waals surface area contributed by atoms with Crippen molar-refractivity contribution in [3.8, 4) is 0 Å². The predicted octanol–water partition coefficient (Wildman–Crippen LogP) is 2.73. The van der Waals surface area contributed by atoms with Crippen LogP contribution in [-0.2, 0) is 14.8 Å². The maximum Gasteiger partial charge on any atom is 0.339 e. The topological polar surface area (TPSA) is 84.8 Å². The fourth-order valence-corrected chi connectivity index (χ4v) is 4.02. The number of amidine groups is 1. The molecule has 0 radical (unpaired) electrons. The van der Waals surface area contributed by atoms with E-state index in [0.29, 0.717) is 34.4 Å². The fourth-order valence-electron chi connectivity index (χ4n) is 2.38. The molecule has 130 valence electrons. The molecule has 0 saturated carbocycles. The number of fused-ring (bicyclic) bond motifs is 1. The van der Waals surface area contributed by atoms with Crippen LogP contribution in [0.2, 0.25) is 0 Å². The number of hydrogen-bond donors (Lipinski definition) is 1. The zero-order valence-electron chi connectivity index (χ0n) is 13.1. The number of carbonyl (C=O) groups is 1. The van der Waals surface area contributed by atoms with Gasteiger partial charge in [0.15, 0.2) is 0 Å². The molecule has 0 atom stereocenters. The summed E-state index contributed by atoms with van der Waals surface area (Å²) >= 11 is 3.30. The molecule has 0 bridgehead atoms. The van der Waals surface area contributed by atoms with E-state index in [4.69, 9.17) is 4.74 Å². The van der Waals surface area contributed by atoms with Gasteiger partial charge in [-0.25, -0.2) is 4.79 Å². The van der Waals surface area contributed by atoms with Crippen molar-refractivity contribution < 1.29 is 17.9 Å². The Balaban J connectivity index is 1.50. The summed E-state index contributed by atoms with van der Waals surface area (Å²) in [5.74, 6) is -0.0775. The Labute approximate surface area is 154 Å². The molecule has 1 aliphatic rings. The zero-order valence-corrected chi connectivity index (χ0v) is 15.5. The molecule has 1 aliphatic heterocycles. The highest BCUT2D eigenvalue weighted by atomic mass is 79.9. The van der Waals surface area contributed by atoms with Crippen LogP contribution in [0, 0.1) is 0 Å². The summed E-state index contributed by atoms with van der Waals surface area (Å²) in [6.45, 7) is 0.654. The van der Waals surface area contributed by atoms with E-state index in [2.05, 4.69) is 25.6 Å². The van der Waals surface area contributed by atoms with Gasteiger partial charge in [0.2, 0.25) is 0 Å². The Morgan fingerprint density at radius 1 is 1.12 bits per heavy atom. The first-order valence-electron chi connectivity index (χ1n) is 7.59. The summed E-state index contributed by atoms with van der Waals surface area (Å²) in [5.41, 5.74) is 1.03. The number of rotatable bonds is 5. The molecule has 8 heteroatoms. The molecular weight excluding hydrogens is 408 g/mol. The number of nitrogens with one attached hydrogen (secondary N) is 1. The van der Waals surface area contributed by atoms with Crippen molar-refractivity contribution in [3.63, 3.8) is 0 Å². The van der Waals surface area contributed by atoms with E-state index in [0.717, 1.165) is 0 Å². The lowest BCUT2D eigenvalue weighted by atomic mass is 10.2. The number of benzene rings is 2. The molecule has 0 saturated heterocycles. The third-order valence-corrected chi connectivity index (χ3v) is 5.60. The van der Waals surface area contributed by atoms with E-state index in [-0.39, 0.29) is 11.5 Å². The molecule has 1 N–H and O–H groups in total. The van der Waals surface area contributed by atoms with Crippen molar-refractivity contribution in [2.24, 2.45) is 4.40 Å². The third-order valence-electron chi connectivity index (χ3n) is 3.57. The minimum atomic E-state index is -3.62. The van der Waals surface area contributed by atoms with Crippen LogP contribution in [0.5, 0.6) is 0 Å². The molecule has 2 aromatic rings. The van der Waals surface area contributed by atoms with Crippen molar-refractivity contribution in [2.75, 3.05) is 13.2 Å². The van der Waals surface area contributed by atoms with Gasteiger partial charge in [0.25, 0.3) is 10.0 Å². The first kappa shape index (κ1) is 17.6. The maximum atomic E-state index is 12.0. The van der Waals surface area contributed by atoms with E-state index in [1.54, 1.807) is 36.4 Å². The number of ether oxygens (including phenoxy) is 1. The summed E-state index contributed by atoms with van der Waals surface area (Å²) in [4.78, 5) is 12.2. The van der Waals surface area contributed by atoms with Crippen molar-refractivity contribution in [1.82, 2.24) is 5.32 Å². The van der Waals surface area contributed by atoms with Crippen molar-refractivity contribution >= 4 is 37.8 Å². The summed E-state index contributed by atoms with van der Waals surface area (Å²) < 4.78 is 33.5. The predicted molar refractivity (Wildman–Crippen MR) is 97.2 cm³/mol. The number of sulfonamides is 1. The average molecular weight is 423 g/mol. The van der Waals surface area contributed by atoms with E-state index < -0.39 is 16.0 Å². The first-order valence-corrected chi connectivity index (χ1v) is 9.82. The lowest BCUT2D eigenvalue weighted by Crippen LogP contribution is -2.25. The van der Waals surface area contributed by atoms with Gasteiger partial charge in [-0.1, -0.05) is 24.3 Å². The molecule has 0 amide bonds. The largest absolute Gasteiger partial charge is 0.462 e. The van der Waals surface area contributed by atoms with Crippen molar-refractivity contribution in [3.05, 3.63) is 64.1 Å². The second-order valence-electron chi connectivity index (χ2n) is 5.31. The molecule has 0 spiro atoms. The van der Waals surface area contributed by atoms with E-state index >= 15 is 0 Å². The summed E-state index contributed by atoms with van der Waals surface area (Å²) in [6.07, 6.45) is 0.525. The van der Waals surface area contributed by atoms with E-state index in [1.165, 1.54) is 6.07 Å². The van der Waals surface area contributed by atoms with E-state index in [1.807, 2.05) is 6.07 Å². The monoisotopic (exact) mass is 422 g/mol. The van der Waals surface area contributed by atoms with Crippen LogP contribution >= 0.6 is 15.9 Å². The van der Waals surface area contributed by atoms with Gasteiger partial charge in [0.05, 0.1) is 12.2 Å². The van der Waals surface area contributed by atoms with Gasteiger partial charge in [0.1, 0.15) is 10.7 Å². The quantitative estimate of drug-likeness (QED) is 0.591. The molecule has 0 aliphatic carbocycles. The minimum Gasteiger partial charge on any atom is -0.462 e. The average Bonchev–Trinajstić information content (AvgIpc) is 2.86. The smallest absolute Gasteiger partial charge is 0.339 e. The number of hydrogen-bond acceptors (Lipinski definition) is 5. The summed E-state index contributed by atoms with van der Waals surface area (Å²) in [6, 6.07) is 13.7. The number of nitrogens with zero attached hydrogens (tertiary/aromatic N) is 1. The highest BCUT2D eigenvalue weighted by Crippen LogP contribution is 2.24. The second kappa shape index (κ2) is 7.37. The van der Waals surface area contributed by atoms with Gasteiger partial charge in [-0.15, -0.1) is 4.40 Å². The number of carbonyl (C=O) groups excluding carboxylic acids is 1. The van der Waals surface area contributed by atoms with Gasteiger partial charge >= 0.3 is 5.97 Å². The lowest BCUT2D eigenvalue weighted by Gasteiger charge is -2.08. The van der Waals surface area contributed by atoms with Crippen LogP contribution in [0.15, 0.2) is 62.3 Å². The SMILES string of the molecule is O=C(OCCCNC1=NS(=O)(=O)c2ccccc21)c1ccccc1Br. The summed E-state index contributed by atoms with van der Waals surface area (Å²) in [5, 5.41) is 2.99. The van der Waals surface area contributed by atoms with Gasteiger partial charge < -0.3 is 10.1 Å². The highest BCUT2D eigenvalue weighted by molar-refractivity contribution is 9.10. The van der Waals surface area contributed by atoms with Crippen LogP contribution in [0.4, 0.5) is 0 Å². The minimum absolute atomic E-state index is 0.206. The van der Waals surface area contributed by atoms with Gasteiger partial charge in [0, 0.05) is 16.6 Å². The normalized spacial score (nSPS) is 14.5. The molecule has 0 fully saturated rings. The van der Waals surface area contributed by atoms with Crippen LogP contribution in [0.25, 0.3) is 0 Å². The number of halogens is 1. The Bertz CT molecular complexity index is 941. The highest BCUT2D eigenvalue weighted by Gasteiger charge is 2.27. The standard InChI is InChI=1S/C17H15BrN2O4S/c18-14-8-3-1-6-12(14)17(21)24-11-5-10-19-16-13-7-2-4-9-15(13)25(22,23)20-16/h1-4,6-9H,5,10-11H2,(H,19,20). The van der Waals surface area contributed by atoms with Crippen LogP contribution < -0.4 is 5.32 Å². The van der Waals surface area contributed by atoms with Gasteiger partial charge in [-0.05, 0) is 46.6 Å². The molecule has 6 nitrogen and oxygen atoms in total. The summed E-state index contributed by atoms with van der Waals surface area (Å²) in [7, 11) is -3.62. The van der Waals surface area contributed by atoms with Crippen molar-refractivity contribution in [1.29, 1.82) is 0 Å². The van der Waals surface area contributed by atoms with Crippen LogP contribution in [0.3, 0.4) is 0 Å². The molecule has 2 aromatic carbocycles. The Morgan fingerprint density at radius 2 is 1.84 bits per heavy atom. The molecule has 3 rings (SSSR count). The first-order chi connectivity index (χ1) is 12.0. The Morgan fingerprint density at radius 3 is 2.64 bits per heavy atom. The lowest BCUT2D eigenvalue weighted by molar-refractivity contribution is 0.0501. The molecule has 0 aromatic heterocycles. The molecule has 25 heavy (non-hydrogen) atoms. The Kier molecular flexibility index (Phi) is 5.19. The molecule has 0 unspecified atom stereocenters. The fraction of sp³-hybridized carbons (Fsp3) is 0.176. The van der Waals surface area contributed by atoms with Crippen LogP contribution in [0.1, 0.15) is 22.3 Å². The number of esters is 1. The zero-order chi connectivity index (χ0) is 17.9. The maximum absolute atomic E-state index is 12.0.